The maximum atomic E-state index is 10.6. The lowest BCUT2D eigenvalue weighted by Crippen LogP contribution is -2.03. The Morgan fingerprint density at radius 3 is 2.85 bits per heavy atom. The molecule has 0 fully saturated rings. The Bertz CT molecular complexity index is 634. The molecule has 1 unspecified atom stereocenters. The first-order valence-corrected chi connectivity index (χ1v) is 6.78. The highest BCUT2D eigenvalue weighted by Gasteiger charge is 2.22. The van der Waals surface area contributed by atoms with Gasteiger partial charge < -0.3 is 14.6 Å². The average Bonchev–Trinajstić information content (AvgIpc) is 2.94. The first kappa shape index (κ1) is 13.0. The molecule has 3 heteroatoms. The van der Waals surface area contributed by atoms with E-state index in [1.807, 2.05) is 37.3 Å². The van der Waals surface area contributed by atoms with Crippen LogP contribution in [-0.2, 0) is 6.42 Å². The molecule has 0 spiro atoms. The van der Waals surface area contributed by atoms with Gasteiger partial charge in [0.25, 0.3) is 0 Å². The summed E-state index contributed by atoms with van der Waals surface area (Å²) in [6.45, 7) is 2.67. The van der Waals surface area contributed by atoms with E-state index in [4.69, 9.17) is 9.47 Å². The Hall–Kier alpha value is -2.00. The fourth-order valence-corrected chi connectivity index (χ4v) is 2.71. The van der Waals surface area contributed by atoms with E-state index >= 15 is 0 Å². The molecule has 3 nitrogen and oxygen atoms in total. The molecule has 1 atom stereocenters. The van der Waals surface area contributed by atoms with Crippen molar-refractivity contribution in [1.82, 2.24) is 0 Å². The van der Waals surface area contributed by atoms with Gasteiger partial charge in [0.15, 0.2) is 0 Å². The van der Waals surface area contributed by atoms with Crippen LogP contribution < -0.4 is 9.47 Å². The third-order valence-corrected chi connectivity index (χ3v) is 3.77. The van der Waals surface area contributed by atoms with Crippen LogP contribution in [0, 0.1) is 6.92 Å². The van der Waals surface area contributed by atoms with Gasteiger partial charge in [-0.15, -0.1) is 0 Å². The molecular formula is C17H18O3. The third kappa shape index (κ3) is 2.14. The molecule has 2 aromatic rings. The summed E-state index contributed by atoms with van der Waals surface area (Å²) in [6.07, 6.45) is 0.241. The van der Waals surface area contributed by atoms with Gasteiger partial charge in [-0.1, -0.05) is 24.3 Å². The third-order valence-electron chi connectivity index (χ3n) is 3.77. The van der Waals surface area contributed by atoms with Crippen LogP contribution in [0.3, 0.4) is 0 Å². The maximum absolute atomic E-state index is 10.6. The molecular weight excluding hydrogens is 252 g/mol. The quantitative estimate of drug-likeness (QED) is 0.931. The van der Waals surface area contributed by atoms with E-state index in [1.165, 1.54) is 5.56 Å². The van der Waals surface area contributed by atoms with E-state index in [0.717, 1.165) is 34.6 Å². The van der Waals surface area contributed by atoms with Crippen LogP contribution in [0.4, 0.5) is 0 Å². The standard InChI is InChI=1S/C17H18O3/c1-11-10-13(6-7-15(11)19-2)16(18)14-5-3-4-12-8-9-20-17(12)14/h3-7,10,16,18H,8-9H2,1-2H3. The Labute approximate surface area is 118 Å². The second-order valence-corrected chi connectivity index (χ2v) is 5.07. The number of methoxy groups -OCH3 is 1. The van der Waals surface area contributed by atoms with Gasteiger partial charge in [-0.2, -0.15) is 0 Å². The largest absolute Gasteiger partial charge is 0.496 e. The number of para-hydroxylation sites is 1. The van der Waals surface area contributed by atoms with Gasteiger partial charge in [-0.25, -0.2) is 0 Å². The van der Waals surface area contributed by atoms with Crippen molar-refractivity contribution >= 4 is 0 Å². The molecule has 2 aromatic carbocycles. The molecule has 1 N–H and O–H groups in total. The number of fused-ring (bicyclic) bond motifs is 1. The molecule has 0 aromatic heterocycles. The monoisotopic (exact) mass is 270 g/mol. The Morgan fingerprint density at radius 2 is 2.10 bits per heavy atom. The van der Waals surface area contributed by atoms with Gasteiger partial charge in [0, 0.05) is 12.0 Å². The zero-order chi connectivity index (χ0) is 14.1. The minimum Gasteiger partial charge on any atom is -0.496 e. The minimum absolute atomic E-state index is 0.673. The van der Waals surface area contributed by atoms with E-state index in [1.54, 1.807) is 7.11 Å². The highest BCUT2D eigenvalue weighted by Crippen LogP contribution is 2.36. The van der Waals surface area contributed by atoms with Gasteiger partial charge in [0.2, 0.25) is 0 Å². The second kappa shape index (κ2) is 5.17. The van der Waals surface area contributed by atoms with Crippen molar-refractivity contribution in [3.05, 3.63) is 58.7 Å². The van der Waals surface area contributed by atoms with Crippen molar-refractivity contribution in [2.75, 3.05) is 13.7 Å². The number of aliphatic hydroxyl groups excluding tert-OH is 1. The number of aliphatic hydroxyl groups is 1. The molecule has 1 aliphatic rings. The summed E-state index contributed by atoms with van der Waals surface area (Å²) >= 11 is 0. The predicted molar refractivity (Wildman–Crippen MR) is 77.4 cm³/mol. The Balaban J connectivity index is 1.99. The smallest absolute Gasteiger partial charge is 0.128 e. The molecule has 1 aliphatic heterocycles. The number of hydrogen-bond acceptors (Lipinski definition) is 3. The molecule has 3 rings (SSSR count). The second-order valence-electron chi connectivity index (χ2n) is 5.07. The van der Waals surface area contributed by atoms with Crippen LogP contribution in [0.5, 0.6) is 11.5 Å². The summed E-state index contributed by atoms with van der Waals surface area (Å²) < 4.78 is 10.9. The highest BCUT2D eigenvalue weighted by molar-refractivity contribution is 5.49. The van der Waals surface area contributed by atoms with E-state index in [2.05, 4.69) is 6.07 Å². The normalized spacial score (nSPS) is 14.6. The van der Waals surface area contributed by atoms with Crippen LogP contribution in [0.25, 0.3) is 0 Å². The molecule has 104 valence electrons. The van der Waals surface area contributed by atoms with Crippen LogP contribution in [0.1, 0.15) is 28.4 Å². The first-order valence-electron chi connectivity index (χ1n) is 6.78. The number of hydrogen-bond donors (Lipinski definition) is 1. The lowest BCUT2D eigenvalue weighted by molar-refractivity contribution is 0.213. The average molecular weight is 270 g/mol. The summed E-state index contributed by atoms with van der Waals surface area (Å²) in [5.41, 5.74) is 3.88. The summed E-state index contributed by atoms with van der Waals surface area (Å²) in [6, 6.07) is 11.7. The molecule has 1 heterocycles. The molecule has 0 amide bonds. The topological polar surface area (TPSA) is 38.7 Å². The van der Waals surface area contributed by atoms with Crippen LogP contribution in [0.2, 0.25) is 0 Å². The highest BCUT2D eigenvalue weighted by atomic mass is 16.5. The van der Waals surface area contributed by atoms with Gasteiger partial charge in [-0.05, 0) is 35.7 Å². The van der Waals surface area contributed by atoms with Crippen molar-refractivity contribution in [1.29, 1.82) is 0 Å². The van der Waals surface area contributed by atoms with Crippen LogP contribution in [-0.4, -0.2) is 18.8 Å². The zero-order valence-corrected chi connectivity index (χ0v) is 11.7. The van der Waals surface area contributed by atoms with Crippen molar-refractivity contribution in [2.45, 2.75) is 19.4 Å². The van der Waals surface area contributed by atoms with Gasteiger partial charge >= 0.3 is 0 Å². The molecule has 0 aliphatic carbocycles. The number of rotatable bonds is 3. The zero-order valence-electron chi connectivity index (χ0n) is 11.7. The fraction of sp³-hybridized carbons (Fsp3) is 0.294. The molecule has 0 bridgehead atoms. The number of aryl methyl sites for hydroxylation is 1. The van der Waals surface area contributed by atoms with Crippen molar-refractivity contribution in [2.24, 2.45) is 0 Å². The first-order chi connectivity index (χ1) is 9.70. The fourth-order valence-electron chi connectivity index (χ4n) is 2.71. The predicted octanol–water partition coefficient (Wildman–Crippen LogP) is 3.02. The summed E-state index contributed by atoms with van der Waals surface area (Å²) in [5, 5.41) is 10.6. The molecule has 0 saturated carbocycles. The maximum Gasteiger partial charge on any atom is 0.128 e. The van der Waals surface area contributed by atoms with Crippen LogP contribution in [0.15, 0.2) is 36.4 Å². The van der Waals surface area contributed by atoms with E-state index in [0.29, 0.717) is 6.61 Å². The van der Waals surface area contributed by atoms with Gasteiger partial charge in [-0.3, -0.25) is 0 Å². The SMILES string of the molecule is COc1ccc(C(O)c2cccc3c2OCC3)cc1C. The summed E-state index contributed by atoms with van der Waals surface area (Å²) in [4.78, 5) is 0. The van der Waals surface area contributed by atoms with Gasteiger partial charge in [0.05, 0.1) is 13.7 Å². The van der Waals surface area contributed by atoms with Crippen LogP contribution >= 0.6 is 0 Å². The van der Waals surface area contributed by atoms with Crippen molar-refractivity contribution in [3.63, 3.8) is 0 Å². The minimum atomic E-state index is -0.673. The molecule has 0 radical (unpaired) electrons. The Morgan fingerprint density at radius 1 is 1.25 bits per heavy atom. The van der Waals surface area contributed by atoms with Gasteiger partial charge in [0.1, 0.15) is 17.6 Å². The van der Waals surface area contributed by atoms with E-state index < -0.39 is 6.10 Å². The number of benzene rings is 2. The Kier molecular flexibility index (Phi) is 3.36. The van der Waals surface area contributed by atoms with E-state index in [-0.39, 0.29) is 0 Å². The molecule has 0 saturated heterocycles. The van der Waals surface area contributed by atoms with Crippen molar-refractivity contribution in [3.8, 4) is 11.5 Å². The van der Waals surface area contributed by atoms with Crippen molar-refractivity contribution < 1.29 is 14.6 Å². The summed E-state index contributed by atoms with van der Waals surface area (Å²) in [7, 11) is 1.65. The van der Waals surface area contributed by atoms with E-state index in [9.17, 15) is 5.11 Å². The molecule has 20 heavy (non-hydrogen) atoms. The lowest BCUT2D eigenvalue weighted by Gasteiger charge is -2.16. The summed E-state index contributed by atoms with van der Waals surface area (Å²) in [5.74, 6) is 1.67. The number of ether oxygens (including phenoxy) is 2. The lowest BCUT2D eigenvalue weighted by atomic mass is 9.97.